The molecule has 0 aliphatic heterocycles. The fourth-order valence-electron chi connectivity index (χ4n) is 2.51. The van der Waals surface area contributed by atoms with Crippen LogP contribution in [0.5, 0.6) is 5.75 Å². The van der Waals surface area contributed by atoms with Crippen LogP contribution in [0.25, 0.3) is 0 Å². The Balaban J connectivity index is 1.44. The van der Waals surface area contributed by atoms with E-state index in [-0.39, 0.29) is 5.78 Å². The van der Waals surface area contributed by atoms with Crippen molar-refractivity contribution in [3.8, 4) is 5.75 Å². The lowest BCUT2D eigenvalue weighted by molar-refractivity contribution is 0.0986. The van der Waals surface area contributed by atoms with E-state index >= 15 is 0 Å². The summed E-state index contributed by atoms with van der Waals surface area (Å²) in [6.07, 6.45) is 0.424. The van der Waals surface area contributed by atoms with Crippen LogP contribution in [0.3, 0.4) is 0 Å². The highest BCUT2D eigenvalue weighted by atomic mass is 35.5. The zero-order chi connectivity index (χ0) is 18.2. The van der Waals surface area contributed by atoms with E-state index in [1.807, 2.05) is 54.6 Å². The van der Waals surface area contributed by atoms with E-state index in [4.69, 9.17) is 16.3 Å². The lowest BCUT2D eigenvalue weighted by Gasteiger charge is -2.09. The number of anilines is 1. The summed E-state index contributed by atoms with van der Waals surface area (Å²) >= 11 is 5.84. The van der Waals surface area contributed by atoms with Gasteiger partial charge in [0.25, 0.3) is 0 Å². The van der Waals surface area contributed by atoms with Crippen molar-refractivity contribution in [2.24, 2.45) is 0 Å². The topological polar surface area (TPSA) is 38.3 Å². The maximum atomic E-state index is 12.1. The molecule has 0 bridgehead atoms. The molecule has 1 N–H and O–H groups in total. The predicted octanol–water partition coefficient (Wildman–Crippen LogP) is 5.60. The smallest absolute Gasteiger partial charge is 0.164 e. The van der Waals surface area contributed by atoms with E-state index in [2.05, 4.69) is 5.32 Å². The summed E-state index contributed by atoms with van der Waals surface area (Å²) in [5.74, 6) is 0.911. The van der Waals surface area contributed by atoms with E-state index < -0.39 is 0 Å². The van der Waals surface area contributed by atoms with Gasteiger partial charge in [0.1, 0.15) is 12.4 Å². The first-order chi connectivity index (χ1) is 12.7. The van der Waals surface area contributed by atoms with E-state index in [0.717, 1.165) is 17.0 Å². The number of halogens is 1. The quantitative estimate of drug-likeness (QED) is 0.528. The third-order valence-electron chi connectivity index (χ3n) is 3.95. The van der Waals surface area contributed by atoms with Gasteiger partial charge < -0.3 is 10.1 Å². The average Bonchev–Trinajstić information content (AvgIpc) is 2.68. The Kier molecular flexibility index (Phi) is 6.29. The molecular formula is C22H20ClNO2. The first-order valence-corrected chi connectivity index (χ1v) is 8.88. The maximum absolute atomic E-state index is 12.1. The summed E-state index contributed by atoms with van der Waals surface area (Å²) < 4.78 is 5.76. The van der Waals surface area contributed by atoms with Crippen molar-refractivity contribution < 1.29 is 9.53 Å². The van der Waals surface area contributed by atoms with E-state index in [1.165, 1.54) is 0 Å². The summed E-state index contributed by atoms with van der Waals surface area (Å²) in [5, 5.41) is 3.89. The van der Waals surface area contributed by atoms with E-state index in [0.29, 0.717) is 30.2 Å². The van der Waals surface area contributed by atoms with Crippen LogP contribution < -0.4 is 10.1 Å². The summed E-state index contributed by atoms with van der Waals surface area (Å²) in [4.78, 5) is 12.1. The first kappa shape index (κ1) is 18.0. The minimum atomic E-state index is 0.0944. The monoisotopic (exact) mass is 365 g/mol. The Bertz CT molecular complexity index is 830. The number of carbonyl (C=O) groups is 1. The van der Waals surface area contributed by atoms with Crippen LogP contribution in [0.4, 0.5) is 5.69 Å². The lowest BCUT2D eigenvalue weighted by Crippen LogP contribution is -2.08. The van der Waals surface area contributed by atoms with E-state index in [1.54, 1.807) is 24.3 Å². The van der Waals surface area contributed by atoms with Crippen LogP contribution in [0.1, 0.15) is 22.3 Å². The number of nitrogens with one attached hydrogen (secondary N) is 1. The van der Waals surface area contributed by atoms with Crippen molar-refractivity contribution in [1.82, 2.24) is 0 Å². The van der Waals surface area contributed by atoms with Gasteiger partial charge in [-0.1, -0.05) is 41.9 Å². The van der Waals surface area contributed by atoms with Crippen molar-refractivity contribution in [3.63, 3.8) is 0 Å². The van der Waals surface area contributed by atoms with Gasteiger partial charge in [0.2, 0.25) is 0 Å². The number of benzene rings is 3. The van der Waals surface area contributed by atoms with Gasteiger partial charge in [-0.05, 0) is 54.1 Å². The van der Waals surface area contributed by atoms with Gasteiger partial charge in [0.05, 0.1) is 0 Å². The van der Waals surface area contributed by atoms with Crippen molar-refractivity contribution in [3.05, 3.63) is 95.0 Å². The normalized spacial score (nSPS) is 10.3. The molecule has 0 heterocycles. The van der Waals surface area contributed by atoms with Gasteiger partial charge in [0, 0.05) is 29.2 Å². The molecular weight excluding hydrogens is 346 g/mol. The Morgan fingerprint density at radius 3 is 2.27 bits per heavy atom. The number of carbonyl (C=O) groups excluding carboxylic acids is 1. The van der Waals surface area contributed by atoms with Crippen LogP contribution in [0.15, 0.2) is 78.9 Å². The standard InChI is InChI=1S/C22H20ClNO2/c23-19-8-6-18(7-9-19)22(25)14-15-24-20-10-12-21(13-11-20)26-16-17-4-2-1-3-5-17/h1-13,24H,14-16H2. The third kappa shape index (κ3) is 5.36. The van der Waals surface area contributed by atoms with Gasteiger partial charge in [-0.15, -0.1) is 0 Å². The van der Waals surface area contributed by atoms with Gasteiger partial charge in [-0.25, -0.2) is 0 Å². The summed E-state index contributed by atoms with van der Waals surface area (Å²) in [5.41, 5.74) is 2.78. The molecule has 0 amide bonds. The van der Waals surface area contributed by atoms with Crippen LogP contribution in [0, 0.1) is 0 Å². The van der Waals surface area contributed by atoms with Crippen LogP contribution in [-0.2, 0) is 6.61 Å². The summed E-state index contributed by atoms with van der Waals surface area (Å²) in [6, 6.07) is 24.8. The molecule has 3 nitrogen and oxygen atoms in total. The highest BCUT2D eigenvalue weighted by Crippen LogP contribution is 2.17. The number of ketones is 1. The first-order valence-electron chi connectivity index (χ1n) is 8.50. The molecule has 4 heteroatoms. The van der Waals surface area contributed by atoms with Crippen LogP contribution in [-0.4, -0.2) is 12.3 Å². The van der Waals surface area contributed by atoms with Crippen molar-refractivity contribution >= 4 is 23.1 Å². The minimum Gasteiger partial charge on any atom is -0.489 e. The third-order valence-corrected chi connectivity index (χ3v) is 4.20. The maximum Gasteiger partial charge on any atom is 0.164 e. The molecule has 0 unspecified atom stereocenters. The lowest BCUT2D eigenvalue weighted by atomic mass is 10.1. The summed E-state index contributed by atoms with van der Waals surface area (Å²) in [6.45, 7) is 1.12. The second-order valence-corrected chi connectivity index (χ2v) is 6.34. The number of hydrogen-bond acceptors (Lipinski definition) is 3. The molecule has 0 atom stereocenters. The molecule has 3 aromatic rings. The predicted molar refractivity (Wildman–Crippen MR) is 106 cm³/mol. The Morgan fingerprint density at radius 2 is 1.58 bits per heavy atom. The van der Waals surface area contributed by atoms with Crippen molar-refractivity contribution in [2.75, 3.05) is 11.9 Å². The summed E-state index contributed by atoms with van der Waals surface area (Å²) in [7, 11) is 0. The second kappa shape index (κ2) is 9.07. The Morgan fingerprint density at radius 1 is 0.885 bits per heavy atom. The fraction of sp³-hybridized carbons (Fsp3) is 0.136. The highest BCUT2D eigenvalue weighted by molar-refractivity contribution is 6.30. The second-order valence-electron chi connectivity index (χ2n) is 5.91. The molecule has 0 fully saturated rings. The molecule has 132 valence electrons. The van der Waals surface area contributed by atoms with Crippen LogP contribution >= 0.6 is 11.6 Å². The van der Waals surface area contributed by atoms with Crippen molar-refractivity contribution in [2.45, 2.75) is 13.0 Å². The van der Waals surface area contributed by atoms with Gasteiger partial charge >= 0.3 is 0 Å². The van der Waals surface area contributed by atoms with Gasteiger partial charge in [-0.3, -0.25) is 4.79 Å². The molecule has 26 heavy (non-hydrogen) atoms. The molecule has 3 rings (SSSR count). The number of ether oxygens (including phenoxy) is 1. The van der Waals surface area contributed by atoms with Gasteiger partial charge in [0.15, 0.2) is 5.78 Å². The number of hydrogen-bond donors (Lipinski definition) is 1. The average molecular weight is 366 g/mol. The Hall–Kier alpha value is -2.78. The highest BCUT2D eigenvalue weighted by Gasteiger charge is 2.05. The van der Waals surface area contributed by atoms with E-state index in [9.17, 15) is 4.79 Å². The zero-order valence-electron chi connectivity index (χ0n) is 14.3. The molecule has 0 aliphatic carbocycles. The van der Waals surface area contributed by atoms with Gasteiger partial charge in [-0.2, -0.15) is 0 Å². The largest absolute Gasteiger partial charge is 0.489 e. The molecule has 3 aromatic carbocycles. The number of rotatable bonds is 8. The number of Topliss-reactive ketones (excluding diaryl/α,β-unsaturated/α-hetero) is 1. The van der Waals surface area contributed by atoms with Crippen LogP contribution in [0.2, 0.25) is 5.02 Å². The molecule has 0 aliphatic rings. The molecule has 0 aromatic heterocycles. The zero-order valence-corrected chi connectivity index (χ0v) is 15.1. The van der Waals surface area contributed by atoms with Crippen molar-refractivity contribution in [1.29, 1.82) is 0 Å². The molecule has 0 spiro atoms. The minimum absolute atomic E-state index is 0.0944. The molecule has 0 saturated heterocycles. The molecule has 0 saturated carbocycles. The molecule has 0 radical (unpaired) electrons. The fourth-order valence-corrected chi connectivity index (χ4v) is 2.64. The Labute approximate surface area is 158 Å². The SMILES string of the molecule is O=C(CCNc1ccc(OCc2ccccc2)cc1)c1ccc(Cl)cc1.